The maximum Gasteiger partial charge on any atom is 0.335 e. The number of carbonyl (C=O) groups excluding carboxylic acids is 1. The quantitative estimate of drug-likeness (QED) is 0.386. The molecule has 1 saturated heterocycles. The first-order valence-corrected chi connectivity index (χ1v) is 8.14. The van der Waals surface area contributed by atoms with Crippen LogP contribution in [0.3, 0.4) is 0 Å². The van der Waals surface area contributed by atoms with Crippen LogP contribution in [0.2, 0.25) is 0 Å². The Morgan fingerprint density at radius 3 is 2.45 bits per heavy atom. The highest BCUT2D eigenvalue weighted by Gasteiger charge is 2.36. The van der Waals surface area contributed by atoms with Gasteiger partial charge in [0.15, 0.2) is 6.29 Å². The van der Waals surface area contributed by atoms with Crippen molar-refractivity contribution in [2.75, 3.05) is 26.0 Å². The second-order valence-corrected chi connectivity index (χ2v) is 6.25. The molecule has 0 aromatic heterocycles. The SMILES string of the molecule is C=C(C)C(=O)OC1COC(CP(=O)(OCC)OCC)O1. The van der Waals surface area contributed by atoms with Gasteiger partial charge in [0.1, 0.15) is 12.8 Å². The van der Waals surface area contributed by atoms with Crippen LogP contribution in [0.5, 0.6) is 0 Å². The molecule has 1 fully saturated rings. The van der Waals surface area contributed by atoms with Crippen LogP contribution in [0.4, 0.5) is 0 Å². The summed E-state index contributed by atoms with van der Waals surface area (Å²) in [4.78, 5) is 11.3. The molecular weight excluding hydrogens is 287 g/mol. The smallest absolute Gasteiger partial charge is 0.335 e. The summed E-state index contributed by atoms with van der Waals surface area (Å²) < 4.78 is 38.1. The number of carbonyl (C=O) groups is 1. The Labute approximate surface area is 118 Å². The van der Waals surface area contributed by atoms with Crippen LogP contribution in [0.15, 0.2) is 12.2 Å². The molecule has 1 aliphatic rings. The van der Waals surface area contributed by atoms with Gasteiger partial charge in [0.05, 0.1) is 13.2 Å². The number of ether oxygens (including phenoxy) is 3. The fourth-order valence-electron chi connectivity index (χ4n) is 1.53. The number of hydrogen-bond donors (Lipinski definition) is 0. The highest BCUT2D eigenvalue weighted by atomic mass is 31.2. The second-order valence-electron chi connectivity index (χ2n) is 4.14. The van der Waals surface area contributed by atoms with Crippen LogP contribution >= 0.6 is 7.60 Å². The normalized spacial score (nSPS) is 22.8. The molecule has 20 heavy (non-hydrogen) atoms. The maximum atomic E-state index is 12.3. The van der Waals surface area contributed by atoms with Crippen molar-refractivity contribution in [1.82, 2.24) is 0 Å². The zero-order valence-corrected chi connectivity index (χ0v) is 12.9. The summed E-state index contributed by atoms with van der Waals surface area (Å²) in [5, 5.41) is 0. The molecule has 2 unspecified atom stereocenters. The highest BCUT2D eigenvalue weighted by Crippen LogP contribution is 2.49. The summed E-state index contributed by atoms with van der Waals surface area (Å²) in [5.74, 6) is -0.558. The first-order chi connectivity index (χ1) is 9.40. The van der Waals surface area contributed by atoms with E-state index in [2.05, 4.69) is 6.58 Å². The van der Waals surface area contributed by atoms with E-state index in [1.807, 2.05) is 0 Å². The minimum absolute atomic E-state index is 0.0458. The van der Waals surface area contributed by atoms with Crippen molar-refractivity contribution in [1.29, 1.82) is 0 Å². The largest absolute Gasteiger partial charge is 0.430 e. The Morgan fingerprint density at radius 1 is 1.35 bits per heavy atom. The summed E-state index contributed by atoms with van der Waals surface area (Å²) in [6, 6.07) is 0. The van der Waals surface area contributed by atoms with Gasteiger partial charge in [0.25, 0.3) is 0 Å². The monoisotopic (exact) mass is 308 g/mol. The zero-order valence-electron chi connectivity index (χ0n) is 12.0. The van der Waals surface area contributed by atoms with E-state index in [4.69, 9.17) is 23.3 Å². The molecule has 0 saturated carbocycles. The fourth-order valence-corrected chi connectivity index (χ4v) is 3.16. The summed E-state index contributed by atoms with van der Waals surface area (Å²) in [6.07, 6.45) is -1.67. The molecular formula is C12H21O7P. The molecule has 0 aliphatic carbocycles. The van der Waals surface area contributed by atoms with Gasteiger partial charge in [-0.3, -0.25) is 4.57 Å². The lowest BCUT2D eigenvalue weighted by Crippen LogP contribution is -2.22. The van der Waals surface area contributed by atoms with Crippen molar-refractivity contribution in [3.05, 3.63) is 12.2 Å². The van der Waals surface area contributed by atoms with Crippen LogP contribution < -0.4 is 0 Å². The van der Waals surface area contributed by atoms with Crippen LogP contribution in [0.1, 0.15) is 20.8 Å². The number of rotatable bonds is 8. The zero-order chi connectivity index (χ0) is 15.2. The van der Waals surface area contributed by atoms with E-state index in [1.54, 1.807) is 13.8 Å². The summed E-state index contributed by atoms with van der Waals surface area (Å²) in [6.45, 7) is 9.04. The molecule has 116 valence electrons. The Morgan fingerprint density at radius 2 is 1.95 bits per heavy atom. The van der Waals surface area contributed by atoms with Gasteiger partial charge in [-0.05, 0) is 20.8 Å². The van der Waals surface area contributed by atoms with Crippen molar-refractivity contribution in [3.8, 4) is 0 Å². The molecule has 0 N–H and O–H groups in total. The minimum atomic E-state index is -3.26. The van der Waals surface area contributed by atoms with Gasteiger partial charge in [-0.1, -0.05) is 6.58 Å². The molecule has 1 heterocycles. The molecule has 2 atom stereocenters. The van der Waals surface area contributed by atoms with Crippen molar-refractivity contribution in [2.24, 2.45) is 0 Å². The van der Waals surface area contributed by atoms with Crippen molar-refractivity contribution >= 4 is 13.6 Å². The van der Waals surface area contributed by atoms with Gasteiger partial charge >= 0.3 is 13.6 Å². The predicted octanol–water partition coefficient (Wildman–Crippen LogP) is 2.07. The molecule has 0 aromatic rings. The van der Waals surface area contributed by atoms with E-state index in [9.17, 15) is 9.36 Å². The van der Waals surface area contributed by atoms with Gasteiger partial charge in [0.2, 0.25) is 6.29 Å². The lowest BCUT2D eigenvalue weighted by atomic mass is 10.4. The van der Waals surface area contributed by atoms with E-state index in [0.717, 1.165) is 0 Å². The molecule has 1 aliphatic heterocycles. The minimum Gasteiger partial charge on any atom is -0.430 e. The Bertz CT molecular complexity index is 385. The molecule has 7 nitrogen and oxygen atoms in total. The van der Waals surface area contributed by atoms with Gasteiger partial charge in [-0.25, -0.2) is 4.79 Å². The van der Waals surface area contributed by atoms with Crippen LogP contribution in [-0.4, -0.2) is 44.5 Å². The molecule has 1 rings (SSSR count). The molecule has 0 radical (unpaired) electrons. The third-order valence-electron chi connectivity index (χ3n) is 2.33. The standard InChI is InChI=1S/C12H21O7P/c1-5-16-20(14,17-6-2)8-11-15-7-10(18-11)19-12(13)9(3)4/h10-11H,3,5-8H2,1-2,4H3. The molecule has 8 heteroatoms. The molecule has 0 amide bonds. The molecule has 0 bridgehead atoms. The third kappa shape index (κ3) is 5.34. The summed E-state index contributed by atoms with van der Waals surface area (Å²) >= 11 is 0. The summed E-state index contributed by atoms with van der Waals surface area (Å²) in [7, 11) is -3.26. The predicted molar refractivity (Wildman–Crippen MR) is 71.2 cm³/mol. The van der Waals surface area contributed by atoms with E-state index in [0.29, 0.717) is 0 Å². The van der Waals surface area contributed by atoms with Crippen molar-refractivity contribution in [3.63, 3.8) is 0 Å². The van der Waals surface area contributed by atoms with Crippen LogP contribution in [0, 0.1) is 0 Å². The molecule has 0 spiro atoms. The van der Waals surface area contributed by atoms with E-state index in [-0.39, 0.29) is 31.6 Å². The van der Waals surface area contributed by atoms with Crippen LogP contribution in [0.25, 0.3) is 0 Å². The van der Waals surface area contributed by atoms with Gasteiger partial charge in [-0.15, -0.1) is 0 Å². The van der Waals surface area contributed by atoms with Crippen molar-refractivity contribution < 1.29 is 32.6 Å². The Kier molecular flexibility index (Phi) is 6.85. The average molecular weight is 308 g/mol. The van der Waals surface area contributed by atoms with E-state index in [1.165, 1.54) is 6.92 Å². The van der Waals surface area contributed by atoms with Crippen molar-refractivity contribution in [2.45, 2.75) is 33.4 Å². The average Bonchev–Trinajstić information content (AvgIpc) is 2.76. The Hall–Kier alpha value is -0.720. The topological polar surface area (TPSA) is 80.3 Å². The third-order valence-corrected chi connectivity index (χ3v) is 4.38. The van der Waals surface area contributed by atoms with E-state index < -0.39 is 26.1 Å². The lowest BCUT2D eigenvalue weighted by Gasteiger charge is -2.19. The lowest BCUT2D eigenvalue weighted by molar-refractivity contribution is -0.169. The van der Waals surface area contributed by atoms with Gasteiger partial charge in [-0.2, -0.15) is 0 Å². The maximum absolute atomic E-state index is 12.3. The first-order valence-electron chi connectivity index (χ1n) is 6.42. The number of esters is 1. The fraction of sp³-hybridized carbons (Fsp3) is 0.750. The number of hydrogen-bond acceptors (Lipinski definition) is 7. The molecule has 0 aromatic carbocycles. The second kappa shape index (κ2) is 7.90. The highest BCUT2D eigenvalue weighted by molar-refractivity contribution is 7.53. The first kappa shape index (κ1) is 17.3. The van der Waals surface area contributed by atoms with Gasteiger partial charge < -0.3 is 23.3 Å². The van der Waals surface area contributed by atoms with Gasteiger partial charge in [0, 0.05) is 5.57 Å². The Balaban J connectivity index is 2.49. The van der Waals surface area contributed by atoms with E-state index >= 15 is 0 Å². The van der Waals surface area contributed by atoms with Crippen LogP contribution in [-0.2, 0) is 32.6 Å². The summed E-state index contributed by atoms with van der Waals surface area (Å²) in [5.41, 5.74) is 0.270.